The van der Waals surface area contributed by atoms with Crippen LogP contribution in [0.3, 0.4) is 0 Å². The quantitative estimate of drug-likeness (QED) is 0.793. The molecule has 128 valence electrons. The summed E-state index contributed by atoms with van der Waals surface area (Å²) in [4.78, 5) is -1.87. The monoisotopic (exact) mass is 346 g/mol. The number of nitrogens with two attached hydrogens (primary N) is 1. The van der Waals surface area contributed by atoms with Crippen molar-refractivity contribution in [3.8, 4) is 0 Å². The SMILES string of the molecule is Cc1cc(C)c(NS(=O)(=O)[C@]2(N)c3ccccc3C[C@@H]2O)c(C)c1. The predicted molar refractivity (Wildman–Crippen MR) is 95.2 cm³/mol. The lowest BCUT2D eigenvalue weighted by Gasteiger charge is -2.30. The molecule has 0 radical (unpaired) electrons. The zero-order valence-electron chi connectivity index (χ0n) is 14.0. The number of sulfonamides is 1. The van der Waals surface area contributed by atoms with Crippen LogP contribution in [0.1, 0.15) is 27.8 Å². The van der Waals surface area contributed by atoms with Crippen molar-refractivity contribution in [3.63, 3.8) is 0 Å². The first-order chi connectivity index (χ1) is 11.2. The molecule has 0 aliphatic heterocycles. The highest BCUT2D eigenvalue weighted by Gasteiger charge is 2.53. The van der Waals surface area contributed by atoms with Crippen molar-refractivity contribution in [1.29, 1.82) is 0 Å². The molecular formula is C18H22N2O3S. The fourth-order valence-electron chi connectivity index (χ4n) is 3.50. The van der Waals surface area contributed by atoms with Gasteiger partial charge in [0.2, 0.25) is 0 Å². The third kappa shape index (κ3) is 2.42. The molecule has 1 aliphatic carbocycles. The van der Waals surface area contributed by atoms with Gasteiger partial charge in [-0.05, 0) is 43.0 Å². The van der Waals surface area contributed by atoms with E-state index in [2.05, 4.69) is 4.72 Å². The fraction of sp³-hybridized carbons (Fsp3) is 0.333. The van der Waals surface area contributed by atoms with Crippen LogP contribution in [0.5, 0.6) is 0 Å². The normalized spacial score (nSPS) is 23.1. The van der Waals surface area contributed by atoms with Crippen LogP contribution in [-0.2, 0) is 21.3 Å². The van der Waals surface area contributed by atoms with Gasteiger partial charge in [-0.2, -0.15) is 0 Å². The molecule has 3 rings (SSSR count). The second-order valence-electron chi connectivity index (χ2n) is 6.55. The van der Waals surface area contributed by atoms with Gasteiger partial charge in [-0.25, -0.2) is 8.42 Å². The van der Waals surface area contributed by atoms with E-state index in [1.807, 2.05) is 39.0 Å². The molecule has 2 aromatic rings. The molecule has 0 amide bonds. The number of anilines is 1. The Balaban J connectivity index is 2.09. The number of aliphatic hydroxyl groups excluding tert-OH is 1. The van der Waals surface area contributed by atoms with Crippen molar-refractivity contribution >= 4 is 15.7 Å². The summed E-state index contributed by atoms with van der Waals surface area (Å²) in [5.41, 5.74) is 10.7. The maximum absolute atomic E-state index is 13.1. The van der Waals surface area contributed by atoms with Crippen molar-refractivity contribution in [3.05, 3.63) is 64.2 Å². The van der Waals surface area contributed by atoms with E-state index in [0.29, 0.717) is 11.3 Å². The van der Waals surface area contributed by atoms with Crippen LogP contribution in [-0.4, -0.2) is 19.6 Å². The lowest BCUT2D eigenvalue weighted by atomic mass is 10.1. The van der Waals surface area contributed by atoms with Crippen LogP contribution in [0, 0.1) is 20.8 Å². The van der Waals surface area contributed by atoms with Crippen molar-refractivity contribution in [2.24, 2.45) is 5.73 Å². The number of hydrogen-bond donors (Lipinski definition) is 3. The van der Waals surface area contributed by atoms with Crippen LogP contribution >= 0.6 is 0 Å². The van der Waals surface area contributed by atoms with E-state index in [1.165, 1.54) is 0 Å². The third-order valence-electron chi connectivity index (χ3n) is 4.70. The number of aliphatic hydroxyl groups is 1. The molecule has 0 aromatic heterocycles. The summed E-state index contributed by atoms with van der Waals surface area (Å²) in [7, 11) is -4.06. The predicted octanol–water partition coefficient (Wildman–Crippen LogP) is 2.08. The largest absolute Gasteiger partial charge is 0.389 e. The van der Waals surface area contributed by atoms with E-state index in [-0.39, 0.29) is 6.42 Å². The molecule has 0 heterocycles. The molecule has 0 saturated carbocycles. The lowest BCUT2D eigenvalue weighted by molar-refractivity contribution is 0.139. The van der Waals surface area contributed by atoms with Crippen LogP contribution in [0.2, 0.25) is 0 Å². The molecule has 4 N–H and O–H groups in total. The van der Waals surface area contributed by atoms with Crippen LogP contribution in [0.4, 0.5) is 5.69 Å². The summed E-state index contributed by atoms with van der Waals surface area (Å²) in [5, 5.41) is 10.4. The molecule has 2 aromatic carbocycles. The molecule has 6 heteroatoms. The third-order valence-corrected chi connectivity index (χ3v) is 6.56. The lowest BCUT2D eigenvalue weighted by Crippen LogP contribution is -2.54. The molecule has 0 spiro atoms. The molecule has 0 bridgehead atoms. The van der Waals surface area contributed by atoms with E-state index in [1.54, 1.807) is 18.2 Å². The average molecular weight is 346 g/mol. The van der Waals surface area contributed by atoms with Gasteiger partial charge in [0.25, 0.3) is 10.0 Å². The van der Waals surface area contributed by atoms with Crippen molar-refractivity contribution in [2.45, 2.75) is 38.2 Å². The zero-order valence-corrected chi connectivity index (χ0v) is 14.8. The number of hydrogen-bond acceptors (Lipinski definition) is 4. The topological polar surface area (TPSA) is 92.4 Å². The van der Waals surface area contributed by atoms with Gasteiger partial charge < -0.3 is 10.8 Å². The molecule has 0 fully saturated rings. The second kappa shape index (κ2) is 5.58. The van der Waals surface area contributed by atoms with Gasteiger partial charge in [-0.1, -0.05) is 42.0 Å². The van der Waals surface area contributed by atoms with Gasteiger partial charge in [-0.15, -0.1) is 0 Å². The van der Waals surface area contributed by atoms with Gasteiger partial charge >= 0.3 is 0 Å². The van der Waals surface area contributed by atoms with E-state index < -0.39 is 21.0 Å². The molecule has 1 aliphatic rings. The minimum absolute atomic E-state index is 0.222. The minimum Gasteiger partial charge on any atom is -0.389 e. The van der Waals surface area contributed by atoms with Crippen LogP contribution < -0.4 is 10.5 Å². The van der Waals surface area contributed by atoms with Gasteiger partial charge in [0.1, 0.15) is 0 Å². The smallest absolute Gasteiger partial charge is 0.258 e. The Hall–Kier alpha value is -1.89. The Morgan fingerprint density at radius 1 is 1.17 bits per heavy atom. The number of nitrogens with one attached hydrogen (secondary N) is 1. The van der Waals surface area contributed by atoms with Crippen molar-refractivity contribution in [2.75, 3.05) is 4.72 Å². The van der Waals surface area contributed by atoms with Crippen molar-refractivity contribution in [1.82, 2.24) is 0 Å². The standard InChI is InChI=1S/C18H22N2O3S/c1-11-8-12(2)17(13(3)9-11)20-24(22,23)18(19)15-7-5-4-6-14(15)10-16(18)21/h4-9,16,20-21H,10,19H2,1-3H3/t16-,18+/m0/s1. The Labute approximate surface area is 142 Å². The summed E-state index contributed by atoms with van der Waals surface area (Å²) >= 11 is 0. The summed E-state index contributed by atoms with van der Waals surface area (Å²) < 4.78 is 28.8. The summed E-state index contributed by atoms with van der Waals surface area (Å²) in [6.45, 7) is 5.65. The van der Waals surface area contributed by atoms with E-state index >= 15 is 0 Å². The van der Waals surface area contributed by atoms with Crippen molar-refractivity contribution < 1.29 is 13.5 Å². The van der Waals surface area contributed by atoms with Gasteiger partial charge in [0.05, 0.1) is 11.8 Å². The number of benzene rings is 2. The van der Waals surface area contributed by atoms with Gasteiger partial charge in [0, 0.05) is 6.42 Å². The Kier molecular flexibility index (Phi) is 3.94. The molecule has 2 atom stereocenters. The maximum atomic E-state index is 13.1. The highest BCUT2D eigenvalue weighted by Crippen LogP contribution is 2.40. The van der Waals surface area contributed by atoms with Gasteiger partial charge in [0.15, 0.2) is 4.87 Å². The van der Waals surface area contributed by atoms with Crippen LogP contribution in [0.15, 0.2) is 36.4 Å². The summed E-state index contributed by atoms with van der Waals surface area (Å²) in [6, 6.07) is 10.8. The first kappa shape index (κ1) is 17.0. The van der Waals surface area contributed by atoms with E-state index in [0.717, 1.165) is 22.3 Å². The Bertz CT molecular complexity index is 885. The maximum Gasteiger partial charge on any atom is 0.258 e. The molecular weight excluding hydrogens is 324 g/mol. The average Bonchev–Trinajstić information content (AvgIpc) is 2.76. The molecule has 0 unspecified atom stereocenters. The second-order valence-corrected chi connectivity index (χ2v) is 8.44. The number of fused-ring (bicyclic) bond motifs is 1. The summed E-state index contributed by atoms with van der Waals surface area (Å²) in [5.74, 6) is 0. The van der Waals surface area contributed by atoms with E-state index in [4.69, 9.17) is 5.73 Å². The highest BCUT2D eigenvalue weighted by molar-refractivity contribution is 7.93. The minimum atomic E-state index is -4.06. The first-order valence-corrected chi connectivity index (χ1v) is 9.30. The molecule has 24 heavy (non-hydrogen) atoms. The van der Waals surface area contributed by atoms with E-state index in [9.17, 15) is 13.5 Å². The fourth-order valence-corrected chi connectivity index (χ4v) is 5.19. The van der Waals surface area contributed by atoms with Crippen LogP contribution in [0.25, 0.3) is 0 Å². The first-order valence-electron chi connectivity index (χ1n) is 7.82. The Morgan fingerprint density at radius 3 is 2.38 bits per heavy atom. The zero-order chi connectivity index (χ0) is 17.7. The molecule has 0 saturated heterocycles. The summed E-state index contributed by atoms with van der Waals surface area (Å²) in [6.07, 6.45) is -0.974. The number of rotatable bonds is 3. The molecule has 5 nitrogen and oxygen atoms in total. The highest BCUT2D eigenvalue weighted by atomic mass is 32.2. The Morgan fingerprint density at radius 2 is 1.75 bits per heavy atom. The number of aryl methyl sites for hydroxylation is 3. The van der Waals surface area contributed by atoms with Gasteiger partial charge in [-0.3, -0.25) is 4.72 Å².